The summed E-state index contributed by atoms with van der Waals surface area (Å²) in [5.41, 5.74) is 1.20. The molecule has 110 valence electrons. The molecule has 2 N–H and O–H groups in total. The summed E-state index contributed by atoms with van der Waals surface area (Å²) in [4.78, 5) is 26.7. The van der Waals surface area contributed by atoms with Crippen LogP contribution in [0.5, 0.6) is 0 Å². The van der Waals surface area contributed by atoms with Crippen LogP contribution in [-0.2, 0) is 11.3 Å². The molecule has 2 rings (SSSR count). The molecule has 1 aliphatic rings. The van der Waals surface area contributed by atoms with E-state index in [-0.39, 0.29) is 11.9 Å². The highest BCUT2D eigenvalue weighted by atomic mass is 32.1. The van der Waals surface area contributed by atoms with Crippen molar-refractivity contribution in [2.75, 3.05) is 13.6 Å². The Morgan fingerprint density at radius 2 is 2.35 bits per heavy atom. The van der Waals surface area contributed by atoms with Crippen LogP contribution in [-0.4, -0.2) is 36.5 Å². The van der Waals surface area contributed by atoms with Gasteiger partial charge in [0.25, 0.3) is 0 Å². The Morgan fingerprint density at radius 1 is 1.55 bits per heavy atom. The highest BCUT2D eigenvalue weighted by molar-refractivity contribution is 7.10. The average molecular weight is 295 g/mol. The van der Waals surface area contributed by atoms with Crippen LogP contribution in [0.2, 0.25) is 0 Å². The van der Waals surface area contributed by atoms with Gasteiger partial charge < -0.3 is 15.5 Å². The van der Waals surface area contributed by atoms with Gasteiger partial charge in [-0.15, -0.1) is 11.3 Å². The van der Waals surface area contributed by atoms with Gasteiger partial charge in [-0.05, 0) is 43.2 Å². The molecule has 1 saturated heterocycles. The second kappa shape index (κ2) is 6.74. The van der Waals surface area contributed by atoms with Gasteiger partial charge in [-0.25, -0.2) is 4.79 Å². The van der Waals surface area contributed by atoms with E-state index in [0.717, 1.165) is 12.8 Å². The summed E-state index contributed by atoms with van der Waals surface area (Å²) in [6.45, 7) is 3.31. The van der Waals surface area contributed by atoms with Crippen molar-refractivity contribution in [2.45, 2.75) is 38.8 Å². The Hall–Kier alpha value is -1.56. The molecular formula is C14H21N3O2S. The number of hydrogen-bond donors (Lipinski definition) is 2. The van der Waals surface area contributed by atoms with Crippen LogP contribution in [0.25, 0.3) is 0 Å². The number of urea groups is 1. The van der Waals surface area contributed by atoms with E-state index in [9.17, 15) is 9.59 Å². The van der Waals surface area contributed by atoms with Gasteiger partial charge in [0.1, 0.15) is 6.04 Å². The third-order valence-corrected chi connectivity index (χ3v) is 4.54. The molecule has 0 saturated carbocycles. The first-order valence-electron chi connectivity index (χ1n) is 6.90. The number of hydrogen-bond acceptors (Lipinski definition) is 3. The first-order valence-corrected chi connectivity index (χ1v) is 7.78. The van der Waals surface area contributed by atoms with Crippen LogP contribution < -0.4 is 10.6 Å². The third-order valence-electron chi connectivity index (χ3n) is 3.53. The molecule has 2 heterocycles. The maximum Gasteiger partial charge on any atom is 0.318 e. The summed E-state index contributed by atoms with van der Waals surface area (Å²) in [6, 6.07) is 1.45. The molecule has 0 aliphatic carbocycles. The molecule has 0 radical (unpaired) electrons. The molecule has 20 heavy (non-hydrogen) atoms. The maximum absolute atomic E-state index is 12.1. The lowest BCUT2D eigenvalue weighted by molar-refractivity contribution is -0.122. The molecule has 1 aromatic heterocycles. The summed E-state index contributed by atoms with van der Waals surface area (Å²) < 4.78 is 0. The number of rotatable bonds is 3. The van der Waals surface area contributed by atoms with Crippen molar-refractivity contribution >= 4 is 23.3 Å². The molecule has 5 nitrogen and oxygen atoms in total. The van der Waals surface area contributed by atoms with Crippen molar-refractivity contribution in [3.05, 3.63) is 21.9 Å². The van der Waals surface area contributed by atoms with E-state index in [4.69, 9.17) is 0 Å². The molecule has 1 aromatic rings. The number of nitrogens with one attached hydrogen (secondary N) is 2. The average Bonchev–Trinajstić information content (AvgIpc) is 2.70. The number of carbonyl (C=O) groups excluding carboxylic acids is 2. The summed E-state index contributed by atoms with van der Waals surface area (Å²) in [6.07, 6.45) is 2.64. The van der Waals surface area contributed by atoms with Gasteiger partial charge in [-0.3, -0.25) is 4.79 Å². The van der Waals surface area contributed by atoms with Crippen LogP contribution in [0, 0.1) is 6.92 Å². The smallest absolute Gasteiger partial charge is 0.318 e. The van der Waals surface area contributed by atoms with Gasteiger partial charge in [-0.1, -0.05) is 0 Å². The van der Waals surface area contributed by atoms with Gasteiger partial charge in [0.2, 0.25) is 5.91 Å². The number of thiophene rings is 1. The molecule has 1 aliphatic heterocycles. The van der Waals surface area contributed by atoms with Gasteiger partial charge in [-0.2, -0.15) is 0 Å². The fraction of sp³-hybridized carbons (Fsp3) is 0.571. The third kappa shape index (κ3) is 3.72. The normalized spacial score (nSPS) is 19.1. The lowest BCUT2D eigenvalue weighted by Crippen LogP contribution is -2.49. The monoisotopic (exact) mass is 295 g/mol. The van der Waals surface area contributed by atoms with Crippen molar-refractivity contribution in [1.82, 2.24) is 15.5 Å². The topological polar surface area (TPSA) is 61.4 Å². The van der Waals surface area contributed by atoms with Crippen LogP contribution in [0.15, 0.2) is 11.4 Å². The molecule has 6 heteroatoms. The van der Waals surface area contributed by atoms with E-state index in [1.54, 1.807) is 23.3 Å². The molecule has 0 unspecified atom stereocenters. The number of amides is 3. The largest absolute Gasteiger partial charge is 0.354 e. The van der Waals surface area contributed by atoms with E-state index < -0.39 is 6.04 Å². The van der Waals surface area contributed by atoms with Crippen molar-refractivity contribution < 1.29 is 9.59 Å². The van der Waals surface area contributed by atoms with Crippen molar-refractivity contribution in [3.63, 3.8) is 0 Å². The Bertz CT molecular complexity index is 487. The van der Waals surface area contributed by atoms with E-state index in [0.29, 0.717) is 19.5 Å². The first kappa shape index (κ1) is 14.8. The van der Waals surface area contributed by atoms with E-state index >= 15 is 0 Å². The fourth-order valence-corrected chi connectivity index (χ4v) is 3.15. The molecule has 1 fully saturated rings. The van der Waals surface area contributed by atoms with Crippen LogP contribution >= 0.6 is 11.3 Å². The highest BCUT2D eigenvalue weighted by Gasteiger charge is 2.23. The SMILES string of the molecule is Cc1ccsc1CN(C)C(=O)N[C@@H]1CCCCNC1=O. The Morgan fingerprint density at radius 3 is 3.05 bits per heavy atom. The van der Waals surface area contributed by atoms with Gasteiger partial charge in [0.15, 0.2) is 0 Å². The van der Waals surface area contributed by atoms with Gasteiger partial charge in [0.05, 0.1) is 6.54 Å². The molecule has 0 spiro atoms. The fourth-order valence-electron chi connectivity index (χ4n) is 2.19. The maximum atomic E-state index is 12.1. The summed E-state index contributed by atoms with van der Waals surface area (Å²) in [5.74, 6) is -0.0726. The van der Waals surface area contributed by atoms with Crippen molar-refractivity contribution in [2.24, 2.45) is 0 Å². The van der Waals surface area contributed by atoms with E-state index in [2.05, 4.69) is 10.6 Å². The highest BCUT2D eigenvalue weighted by Crippen LogP contribution is 2.17. The predicted molar refractivity (Wildman–Crippen MR) is 79.7 cm³/mol. The number of aryl methyl sites for hydroxylation is 1. The Balaban J connectivity index is 1.90. The molecule has 0 aromatic carbocycles. The zero-order valence-corrected chi connectivity index (χ0v) is 12.8. The van der Waals surface area contributed by atoms with E-state index in [1.165, 1.54) is 10.4 Å². The minimum atomic E-state index is -0.406. The van der Waals surface area contributed by atoms with Crippen LogP contribution in [0.1, 0.15) is 29.7 Å². The molecular weight excluding hydrogens is 274 g/mol. The molecule has 1 atom stereocenters. The molecule has 3 amide bonds. The standard InChI is InChI=1S/C14H21N3O2S/c1-10-6-8-20-12(10)9-17(2)14(19)16-11-5-3-4-7-15-13(11)18/h6,8,11H,3-5,7,9H2,1-2H3,(H,15,18)(H,16,19)/t11-/m1/s1. The zero-order chi connectivity index (χ0) is 14.5. The quantitative estimate of drug-likeness (QED) is 0.894. The number of nitrogens with zero attached hydrogens (tertiary/aromatic N) is 1. The second-order valence-electron chi connectivity index (χ2n) is 5.17. The van der Waals surface area contributed by atoms with Gasteiger partial charge >= 0.3 is 6.03 Å². The second-order valence-corrected chi connectivity index (χ2v) is 6.17. The summed E-state index contributed by atoms with van der Waals surface area (Å²) >= 11 is 1.64. The molecule has 0 bridgehead atoms. The summed E-state index contributed by atoms with van der Waals surface area (Å²) in [7, 11) is 1.75. The minimum absolute atomic E-state index is 0.0726. The van der Waals surface area contributed by atoms with Crippen LogP contribution in [0.3, 0.4) is 0 Å². The lowest BCUT2D eigenvalue weighted by atomic mass is 10.1. The van der Waals surface area contributed by atoms with Gasteiger partial charge in [0, 0.05) is 18.5 Å². The number of carbonyl (C=O) groups is 2. The van der Waals surface area contributed by atoms with Crippen LogP contribution in [0.4, 0.5) is 4.79 Å². The van der Waals surface area contributed by atoms with Crippen molar-refractivity contribution in [1.29, 1.82) is 0 Å². The minimum Gasteiger partial charge on any atom is -0.354 e. The van der Waals surface area contributed by atoms with E-state index in [1.807, 2.05) is 18.4 Å². The Kier molecular flexibility index (Phi) is 5.00. The summed E-state index contributed by atoms with van der Waals surface area (Å²) in [5, 5.41) is 7.67. The van der Waals surface area contributed by atoms with Crippen molar-refractivity contribution in [3.8, 4) is 0 Å². The Labute approximate surface area is 123 Å². The predicted octanol–water partition coefficient (Wildman–Crippen LogP) is 1.87. The lowest BCUT2D eigenvalue weighted by Gasteiger charge is -2.21. The first-order chi connectivity index (χ1) is 9.58. The zero-order valence-electron chi connectivity index (χ0n) is 11.9.